The Hall–Kier alpha value is -1.23. The molecule has 3 rings (SSSR count). The SMILES string of the molecule is CC(C)(C)c1ccc(C(=O)CCCN2C[C@@H]3COCC[C@]3(CO)C2)cc1. The second-order valence-electron chi connectivity index (χ2n) is 9.13. The van der Waals surface area contributed by atoms with Crippen molar-refractivity contribution in [1.82, 2.24) is 4.90 Å². The second kappa shape index (κ2) is 7.79. The topological polar surface area (TPSA) is 49.8 Å². The molecule has 0 aromatic heterocycles. The van der Waals surface area contributed by atoms with Gasteiger partial charge < -0.3 is 14.7 Å². The van der Waals surface area contributed by atoms with Crippen molar-refractivity contribution in [2.24, 2.45) is 11.3 Å². The Morgan fingerprint density at radius 3 is 2.65 bits per heavy atom. The van der Waals surface area contributed by atoms with Gasteiger partial charge in [0.15, 0.2) is 5.78 Å². The van der Waals surface area contributed by atoms with Crippen molar-refractivity contribution in [3.05, 3.63) is 35.4 Å². The summed E-state index contributed by atoms with van der Waals surface area (Å²) >= 11 is 0. The van der Waals surface area contributed by atoms with Crippen molar-refractivity contribution in [3.63, 3.8) is 0 Å². The van der Waals surface area contributed by atoms with Crippen LogP contribution in [0.3, 0.4) is 0 Å². The van der Waals surface area contributed by atoms with E-state index in [4.69, 9.17) is 4.74 Å². The van der Waals surface area contributed by atoms with Crippen molar-refractivity contribution in [2.75, 3.05) is 39.5 Å². The van der Waals surface area contributed by atoms with E-state index in [1.54, 1.807) is 0 Å². The van der Waals surface area contributed by atoms with Gasteiger partial charge in [0.25, 0.3) is 0 Å². The van der Waals surface area contributed by atoms with Gasteiger partial charge in [-0.05, 0) is 30.4 Å². The molecule has 4 nitrogen and oxygen atoms in total. The molecule has 2 atom stereocenters. The fraction of sp³-hybridized carbons (Fsp3) is 0.682. The lowest BCUT2D eigenvalue weighted by molar-refractivity contribution is -0.0416. The summed E-state index contributed by atoms with van der Waals surface area (Å²) in [4.78, 5) is 14.9. The average Bonchev–Trinajstić information content (AvgIpc) is 3.00. The number of rotatable bonds is 6. The Morgan fingerprint density at radius 2 is 2.04 bits per heavy atom. The third-order valence-corrected chi connectivity index (χ3v) is 6.21. The Morgan fingerprint density at radius 1 is 1.31 bits per heavy atom. The quantitative estimate of drug-likeness (QED) is 0.792. The smallest absolute Gasteiger partial charge is 0.162 e. The van der Waals surface area contributed by atoms with Crippen LogP contribution in [0, 0.1) is 11.3 Å². The van der Waals surface area contributed by atoms with Crippen molar-refractivity contribution >= 4 is 5.78 Å². The summed E-state index contributed by atoms with van der Waals surface area (Å²) in [5.41, 5.74) is 2.20. The molecule has 0 unspecified atom stereocenters. The van der Waals surface area contributed by atoms with E-state index in [1.165, 1.54) is 5.56 Å². The Balaban J connectivity index is 1.48. The van der Waals surface area contributed by atoms with Crippen LogP contribution in [0.15, 0.2) is 24.3 Å². The van der Waals surface area contributed by atoms with Gasteiger partial charge in [0, 0.05) is 43.0 Å². The van der Waals surface area contributed by atoms with Crippen LogP contribution >= 0.6 is 0 Å². The van der Waals surface area contributed by atoms with Crippen LogP contribution < -0.4 is 0 Å². The molecule has 0 aliphatic carbocycles. The third kappa shape index (κ3) is 4.19. The molecule has 1 N–H and O–H groups in total. The average molecular weight is 360 g/mol. The zero-order valence-corrected chi connectivity index (χ0v) is 16.5. The highest BCUT2D eigenvalue weighted by Crippen LogP contribution is 2.41. The predicted octanol–water partition coefficient (Wildman–Crippen LogP) is 3.28. The minimum Gasteiger partial charge on any atom is -0.396 e. The van der Waals surface area contributed by atoms with Gasteiger partial charge in [-0.15, -0.1) is 0 Å². The number of ketones is 1. The van der Waals surface area contributed by atoms with Gasteiger partial charge in [-0.25, -0.2) is 0 Å². The predicted molar refractivity (Wildman–Crippen MR) is 104 cm³/mol. The Kier molecular flexibility index (Phi) is 5.85. The minimum atomic E-state index is 0.0189. The maximum absolute atomic E-state index is 12.5. The molecule has 0 bridgehead atoms. The van der Waals surface area contributed by atoms with Crippen LogP contribution in [0.4, 0.5) is 0 Å². The first kappa shape index (κ1) is 19.5. The van der Waals surface area contributed by atoms with E-state index in [2.05, 4.69) is 37.8 Å². The maximum Gasteiger partial charge on any atom is 0.162 e. The molecular formula is C22H33NO3. The zero-order chi connectivity index (χ0) is 18.8. The summed E-state index contributed by atoms with van der Waals surface area (Å²) in [7, 11) is 0. The molecule has 26 heavy (non-hydrogen) atoms. The lowest BCUT2D eigenvalue weighted by Crippen LogP contribution is -2.41. The molecular weight excluding hydrogens is 326 g/mol. The molecule has 1 aromatic rings. The first-order valence-corrected chi connectivity index (χ1v) is 9.89. The van der Waals surface area contributed by atoms with Gasteiger partial charge in [0.2, 0.25) is 0 Å². The molecule has 2 aliphatic rings. The van der Waals surface area contributed by atoms with E-state index in [9.17, 15) is 9.90 Å². The summed E-state index contributed by atoms with van der Waals surface area (Å²) in [6, 6.07) is 8.07. The summed E-state index contributed by atoms with van der Waals surface area (Å²) in [6.07, 6.45) is 2.40. The third-order valence-electron chi connectivity index (χ3n) is 6.21. The minimum absolute atomic E-state index is 0.0189. The molecule has 4 heteroatoms. The number of aliphatic hydroxyl groups is 1. The fourth-order valence-corrected chi connectivity index (χ4v) is 4.35. The number of carbonyl (C=O) groups excluding carboxylic acids is 1. The number of carbonyl (C=O) groups is 1. The van der Waals surface area contributed by atoms with Crippen molar-refractivity contribution in [2.45, 2.75) is 45.4 Å². The number of hydrogen-bond acceptors (Lipinski definition) is 4. The maximum atomic E-state index is 12.5. The number of hydrogen-bond donors (Lipinski definition) is 1. The fourth-order valence-electron chi connectivity index (χ4n) is 4.35. The molecule has 2 heterocycles. The van der Waals surface area contributed by atoms with Crippen LogP contribution in [0.1, 0.15) is 56.0 Å². The van der Waals surface area contributed by atoms with E-state index < -0.39 is 0 Å². The molecule has 0 spiro atoms. The first-order chi connectivity index (χ1) is 12.3. The van der Waals surface area contributed by atoms with Crippen molar-refractivity contribution < 1.29 is 14.6 Å². The first-order valence-electron chi connectivity index (χ1n) is 9.89. The van der Waals surface area contributed by atoms with Crippen LogP contribution in [0.5, 0.6) is 0 Å². The van der Waals surface area contributed by atoms with Gasteiger partial charge in [-0.1, -0.05) is 45.0 Å². The van der Waals surface area contributed by atoms with E-state index in [-0.39, 0.29) is 23.2 Å². The molecule has 0 saturated carbocycles. The van der Waals surface area contributed by atoms with E-state index in [0.717, 1.165) is 51.3 Å². The second-order valence-corrected chi connectivity index (χ2v) is 9.13. The van der Waals surface area contributed by atoms with Crippen LogP contribution in [-0.2, 0) is 10.2 Å². The van der Waals surface area contributed by atoms with Crippen LogP contribution in [0.25, 0.3) is 0 Å². The van der Waals surface area contributed by atoms with E-state index in [0.29, 0.717) is 12.3 Å². The number of nitrogens with zero attached hydrogens (tertiary/aromatic N) is 1. The Bertz CT molecular complexity index is 619. The number of aliphatic hydroxyl groups excluding tert-OH is 1. The summed E-state index contributed by atoms with van der Waals surface area (Å²) in [5.74, 6) is 0.657. The van der Waals surface area contributed by atoms with E-state index >= 15 is 0 Å². The summed E-state index contributed by atoms with van der Waals surface area (Å²) < 4.78 is 5.60. The van der Waals surface area contributed by atoms with Crippen molar-refractivity contribution in [3.8, 4) is 0 Å². The lowest BCUT2D eigenvalue weighted by Gasteiger charge is -2.36. The highest BCUT2D eigenvalue weighted by Gasteiger charge is 2.47. The standard InChI is InChI=1S/C22H33NO3/c1-21(2,3)18-8-6-17(7-9-18)20(25)5-4-11-23-13-19-14-26-12-10-22(19,15-23)16-24/h6-9,19,24H,4-5,10-16H2,1-3H3/t19-,22-/m1/s1. The number of ether oxygens (including phenoxy) is 1. The number of fused-ring (bicyclic) bond motifs is 1. The van der Waals surface area contributed by atoms with Crippen LogP contribution in [0.2, 0.25) is 0 Å². The van der Waals surface area contributed by atoms with Crippen LogP contribution in [-0.4, -0.2) is 55.2 Å². The Labute approximate surface area is 157 Å². The molecule has 2 saturated heterocycles. The van der Waals surface area contributed by atoms with Gasteiger partial charge in [0.1, 0.15) is 0 Å². The number of benzene rings is 1. The highest BCUT2D eigenvalue weighted by molar-refractivity contribution is 5.96. The normalized spacial score (nSPS) is 26.7. The molecule has 0 radical (unpaired) electrons. The lowest BCUT2D eigenvalue weighted by atomic mass is 9.75. The van der Waals surface area contributed by atoms with Gasteiger partial charge in [-0.2, -0.15) is 0 Å². The van der Waals surface area contributed by atoms with E-state index in [1.807, 2.05) is 12.1 Å². The molecule has 1 aromatic carbocycles. The summed E-state index contributed by atoms with van der Waals surface area (Å²) in [5, 5.41) is 9.88. The molecule has 2 fully saturated rings. The molecule has 144 valence electrons. The zero-order valence-electron chi connectivity index (χ0n) is 16.5. The summed E-state index contributed by atoms with van der Waals surface area (Å²) in [6.45, 7) is 11.1. The highest BCUT2D eigenvalue weighted by atomic mass is 16.5. The van der Waals surface area contributed by atoms with Gasteiger partial charge in [0.05, 0.1) is 13.2 Å². The molecule has 2 aliphatic heterocycles. The monoisotopic (exact) mass is 359 g/mol. The van der Waals surface area contributed by atoms with Gasteiger partial charge in [-0.3, -0.25) is 4.79 Å². The van der Waals surface area contributed by atoms with Gasteiger partial charge >= 0.3 is 0 Å². The molecule has 0 amide bonds. The largest absolute Gasteiger partial charge is 0.396 e. The number of likely N-dealkylation sites (tertiary alicyclic amines) is 1. The van der Waals surface area contributed by atoms with Crippen molar-refractivity contribution in [1.29, 1.82) is 0 Å². The number of Topliss-reactive ketones (excluding diaryl/α,β-unsaturated/α-hetero) is 1.